The molecule has 0 aromatic heterocycles. The summed E-state index contributed by atoms with van der Waals surface area (Å²) >= 11 is 0. The fourth-order valence-corrected chi connectivity index (χ4v) is 6.18. The summed E-state index contributed by atoms with van der Waals surface area (Å²) in [5.74, 6) is 1.81. The molecule has 1 saturated carbocycles. The molecule has 29 heavy (non-hydrogen) atoms. The summed E-state index contributed by atoms with van der Waals surface area (Å²) in [7, 11) is 2.21. The highest BCUT2D eigenvalue weighted by molar-refractivity contribution is 5.81. The van der Waals surface area contributed by atoms with Gasteiger partial charge in [-0.15, -0.1) is 0 Å². The van der Waals surface area contributed by atoms with Gasteiger partial charge in [0.15, 0.2) is 0 Å². The van der Waals surface area contributed by atoms with Gasteiger partial charge in [-0.1, -0.05) is 37.3 Å². The molecule has 6 nitrogen and oxygen atoms in total. The van der Waals surface area contributed by atoms with E-state index in [1.165, 1.54) is 12.0 Å². The smallest absolute Gasteiger partial charge is 0.223 e. The number of rotatable bonds is 3. The predicted octanol–water partition coefficient (Wildman–Crippen LogP) is 1.37. The Morgan fingerprint density at radius 2 is 1.72 bits per heavy atom. The van der Waals surface area contributed by atoms with Crippen molar-refractivity contribution >= 4 is 5.91 Å². The van der Waals surface area contributed by atoms with Crippen LogP contribution in [0.5, 0.6) is 0 Å². The molecule has 3 heterocycles. The van der Waals surface area contributed by atoms with Gasteiger partial charge < -0.3 is 10.2 Å². The molecule has 5 rings (SSSR count). The van der Waals surface area contributed by atoms with Gasteiger partial charge >= 0.3 is 0 Å². The van der Waals surface area contributed by atoms with Crippen molar-refractivity contribution in [2.45, 2.75) is 50.4 Å². The minimum Gasteiger partial charge on any atom is -0.353 e. The molecule has 0 radical (unpaired) electrons. The fraction of sp³-hybridized carbons (Fsp3) is 0.696. The molecule has 6 heteroatoms. The summed E-state index contributed by atoms with van der Waals surface area (Å²) in [5.41, 5.74) is 8.45. The number of piperidine rings is 1. The Morgan fingerprint density at radius 1 is 0.966 bits per heavy atom. The monoisotopic (exact) mass is 397 g/mol. The van der Waals surface area contributed by atoms with Gasteiger partial charge in [-0.2, -0.15) is 0 Å². The van der Waals surface area contributed by atoms with E-state index in [0.29, 0.717) is 30.1 Å². The van der Waals surface area contributed by atoms with Crippen LogP contribution in [0.1, 0.15) is 37.7 Å². The number of likely N-dealkylation sites (N-methyl/N-ethyl adjacent to an activating group) is 1. The van der Waals surface area contributed by atoms with Crippen molar-refractivity contribution in [2.75, 3.05) is 33.2 Å². The average Bonchev–Trinajstić information content (AvgIpc) is 3.15. The summed E-state index contributed by atoms with van der Waals surface area (Å²) in [5, 5.41) is 3.40. The highest BCUT2D eigenvalue weighted by Gasteiger charge is 2.49. The molecule has 3 N–H and O–H groups in total. The Labute approximate surface area is 174 Å². The molecule has 1 aromatic rings. The van der Waals surface area contributed by atoms with Crippen molar-refractivity contribution in [1.29, 1.82) is 0 Å². The van der Waals surface area contributed by atoms with Gasteiger partial charge in [-0.05, 0) is 43.7 Å². The molecule has 1 aliphatic carbocycles. The van der Waals surface area contributed by atoms with E-state index in [-0.39, 0.29) is 17.7 Å². The highest BCUT2D eigenvalue weighted by atomic mass is 16.2. The van der Waals surface area contributed by atoms with E-state index in [2.05, 4.69) is 64.2 Å². The van der Waals surface area contributed by atoms with Crippen LogP contribution in [0, 0.1) is 17.8 Å². The fourth-order valence-electron chi connectivity index (χ4n) is 6.18. The van der Waals surface area contributed by atoms with Gasteiger partial charge in [0.2, 0.25) is 5.91 Å². The van der Waals surface area contributed by atoms with Crippen LogP contribution in [0.3, 0.4) is 0 Å². The first-order chi connectivity index (χ1) is 14.1. The van der Waals surface area contributed by atoms with Gasteiger partial charge in [0.1, 0.15) is 0 Å². The molecule has 0 bridgehead atoms. The second-order valence-corrected chi connectivity index (χ2v) is 9.73. The number of fused-ring (bicyclic) bond motifs is 2. The Morgan fingerprint density at radius 3 is 2.48 bits per heavy atom. The van der Waals surface area contributed by atoms with Crippen molar-refractivity contribution < 1.29 is 4.79 Å². The number of nitrogens with zero attached hydrogens (tertiary/aromatic N) is 2. The lowest BCUT2D eigenvalue weighted by Gasteiger charge is -2.47. The maximum absolute atomic E-state index is 12.9. The Hall–Kier alpha value is -1.47. The zero-order valence-electron chi connectivity index (χ0n) is 17.7. The van der Waals surface area contributed by atoms with Crippen LogP contribution in [-0.4, -0.2) is 67.2 Å². The number of carbonyl (C=O) groups excluding carboxylic acids is 1. The normalized spacial score (nSPS) is 39.4. The Kier molecular flexibility index (Phi) is 5.37. The maximum Gasteiger partial charge on any atom is 0.223 e. The molecule has 7 unspecified atom stereocenters. The first-order valence-electron chi connectivity index (χ1n) is 11.4. The molecule has 3 aliphatic heterocycles. The average molecular weight is 398 g/mol. The molecule has 7 atom stereocenters. The Balaban J connectivity index is 1.28. The summed E-state index contributed by atoms with van der Waals surface area (Å²) in [6, 6.07) is 11.3. The summed E-state index contributed by atoms with van der Waals surface area (Å²) in [4.78, 5) is 18.0. The van der Waals surface area contributed by atoms with E-state index < -0.39 is 0 Å². The minimum atomic E-state index is 0.0830. The van der Waals surface area contributed by atoms with Gasteiger partial charge in [-0.25, -0.2) is 5.43 Å². The zero-order chi connectivity index (χ0) is 20.0. The Bertz CT molecular complexity index is 719. The van der Waals surface area contributed by atoms with E-state index in [1.807, 2.05) is 6.07 Å². The molecular formula is C23H35N5O. The number of hydrazine groups is 1. The van der Waals surface area contributed by atoms with Crippen LogP contribution < -0.4 is 16.2 Å². The summed E-state index contributed by atoms with van der Waals surface area (Å²) < 4.78 is 0. The molecule has 3 saturated heterocycles. The number of hydrogen-bond acceptors (Lipinski definition) is 5. The van der Waals surface area contributed by atoms with Crippen molar-refractivity contribution in [1.82, 2.24) is 26.0 Å². The van der Waals surface area contributed by atoms with E-state index in [0.717, 1.165) is 39.0 Å². The lowest BCUT2D eigenvalue weighted by atomic mass is 9.67. The number of hydrogen-bond donors (Lipinski definition) is 3. The largest absolute Gasteiger partial charge is 0.353 e. The van der Waals surface area contributed by atoms with Crippen LogP contribution in [0.25, 0.3) is 0 Å². The predicted molar refractivity (Wildman–Crippen MR) is 114 cm³/mol. The maximum atomic E-state index is 12.9. The third-order valence-corrected chi connectivity index (χ3v) is 8.07. The second kappa shape index (κ2) is 7.99. The van der Waals surface area contributed by atoms with E-state index in [1.54, 1.807) is 0 Å². The van der Waals surface area contributed by atoms with Gasteiger partial charge in [-0.3, -0.25) is 15.1 Å². The lowest BCUT2D eigenvalue weighted by molar-refractivity contribution is -0.131. The van der Waals surface area contributed by atoms with Crippen molar-refractivity contribution in [3.05, 3.63) is 35.9 Å². The van der Waals surface area contributed by atoms with Crippen LogP contribution >= 0.6 is 0 Å². The van der Waals surface area contributed by atoms with E-state index in [9.17, 15) is 4.79 Å². The standard InChI is InChI=1S/C23H35N5O/c1-15(16-6-4-3-5-7-16)18-12-17-13-19-21(14-20(17)24-23(18)29)25-26-22(19)28-10-8-27(2)9-11-28/h3-7,15,17-22,25-26H,8-14H2,1-2H3,(H,24,29). The first kappa shape index (κ1) is 19.5. The van der Waals surface area contributed by atoms with Crippen LogP contribution in [-0.2, 0) is 4.79 Å². The number of nitrogens with one attached hydrogen (secondary N) is 3. The number of benzene rings is 1. The van der Waals surface area contributed by atoms with Crippen LogP contribution in [0.15, 0.2) is 30.3 Å². The second-order valence-electron chi connectivity index (χ2n) is 9.73. The molecule has 4 aliphatic rings. The van der Waals surface area contributed by atoms with E-state index in [4.69, 9.17) is 0 Å². The number of carbonyl (C=O) groups is 1. The van der Waals surface area contributed by atoms with Crippen LogP contribution in [0.2, 0.25) is 0 Å². The molecule has 4 fully saturated rings. The zero-order valence-corrected chi connectivity index (χ0v) is 17.7. The van der Waals surface area contributed by atoms with Gasteiger partial charge in [0.05, 0.1) is 6.17 Å². The summed E-state index contributed by atoms with van der Waals surface area (Å²) in [6.07, 6.45) is 3.69. The van der Waals surface area contributed by atoms with Crippen molar-refractivity contribution in [3.63, 3.8) is 0 Å². The van der Waals surface area contributed by atoms with Crippen molar-refractivity contribution in [3.8, 4) is 0 Å². The lowest BCUT2D eigenvalue weighted by Crippen LogP contribution is -2.58. The highest BCUT2D eigenvalue weighted by Crippen LogP contribution is 2.43. The summed E-state index contributed by atoms with van der Waals surface area (Å²) in [6.45, 7) is 6.79. The molecular weight excluding hydrogens is 362 g/mol. The molecule has 0 spiro atoms. The van der Waals surface area contributed by atoms with Gasteiger partial charge in [0.25, 0.3) is 0 Å². The third kappa shape index (κ3) is 3.72. The van der Waals surface area contributed by atoms with E-state index >= 15 is 0 Å². The van der Waals surface area contributed by atoms with Crippen molar-refractivity contribution in [2.24, 2.45) is 17.8 Å². The third-order valence-electron chi connectivity index (χ3n) is 8.07. The minimum absolute atomic E-state index is 0.0830. The van der Waals surface area contributed by atoms with Crippen LogP contribution in [0.4, 0.5) is 0 Å². The SMILES string of the molecule is CC(c1ccccc1)C1CC2CC3C(CC2NC1=O)NNC3N1CCN(C)CC1. The van der Waals surface area contributed by atoms with Gasteiger partial charge in [0, 0.05) is 50.1 Å². The quantitative estimate of drug-likeness (QED) is 0.719. The molecule has 1 aromatic carbocycles. The first-order valence-corrected chi connectivity index (χ1v) is 11.4. The number of piperazine rings is 1. The molecule has 158 valence electrons. The topological polar surface area (TPSA) is 59.6 Å². The number of amides is 1. The molecule has 1 amide bonds.